The Hall–Kier alpha value is -0.680. The molecule has 0 aliphatic heterocycles. The lowest BCUT2D eigenvalue weighted by molar-refractivity contribution is -0.107. The first-order valence-corrected chi connectivity index (χ1v) is 4.85. The van der Waals surface area contributed by atoms with E-state index in [0.29, 0.717) is 11.8 Å². The average Bonchev–Trinajstić information content (AvgIpc) is 2.51. The molecule has 1 aromatic heterocycles. The van der Waals surface area contributed by atoms with E-state index < -0.39 is 10.8 Å². The van der Waals surface area contributed by atoms with Crippen molar-refractivity contribution in [2.24, 2.45) is 0 Å². The Bertz CT molecular complexity index is 307. The van der Waals surface area contributed by atoms with Gasteiger partial charge < -0.3 is 9.90 Å². The molecule has 64 valence electrons. The van der Waals surface area contributed by atoms with Crippen molar-refractivity contribution in [3.05, 3.63) is 21.9 Å². The predicted octanol–water partition coefficient (Wildman–Crippen LogP) is 2.08. The summed E-state index contributed by atoms with van der Waals surface area (Å²) in [4.78, 5) is 20.6. The van der Waals surface area contributed by atoms with Crippen LogP contribution >= 0.6 is 27.3 Å². The molecule has 1 unspecified atom stereocenters. The summed E-state index contributed by atoms with van der Waals surface area (Å²) in [5, 5.41) is 10.2. The molecular weight excluding hydrogens is 244 g/mol. The van der Waals surface area contributed by atoms with Gasteiger partial charge in [0.25, 0.3) is 0 Å². The zero-order chi connectivity index (χ0) is 9.14. The van der Waals surface area contributed by atoms with Crippen LogP contribution < -0.4 is 0 Å². The van der Waals surface area contributed by atoms with Gasteiger partial charge in [-0.25, -0.2) is 4.79 Å². The number of hydrogen-bond donors (Lipinski definition) is 1. The molecule has 0 amide bonds. The number of aldehydes is 1. The van der Waals surface area contributed by atoms with Crippen molar-refractivity contribution in [2.75, 3.05) is 0 Å². The third kappa shape index (κ3) is 1.92. The van der Waals surface area contributed by atoms with Crippen molar-refractivity contribution < 1.29 is 14.7 Å². The maximum absolute atomic E-state index is 10.4. The van der Waals surface area contributed by atoms with E-state index in [0.717, 1.165) is 11.3 Å². The quantitative estimate of drug-likeness (QED) is 0.659. The highest BCUT2D eigenvalue weighted by Gasteiger charge is 2.11. The van der Waals surface area contributed by atoms with Gasteiger partial charge in [-0.05, 0) is 17.0 Å². The monoisotopic (exact) mass is 248 g/mol. The van der Waals surface area contributed by atoms with Crippen molar-refractivity contribution in [3.63, 3.8) is 0 Å². The third-order valence-corrected chi connectivity index (χ3v) is 2.95. The smallest absolute Gasteiger partial charge is 0.345 e. The number of thiophene rings is 1. The van der Waals surface area contributed by atoms with E-state index in [4.69, 9.17) is 5.11 Å². The zero-order valence-corrected chi connectivity index (χ0v) is 8.26. The molecule has 0 aliphatic carbocycles. The second-order valence-corrected chi connectivity index (χ2v) is 3.99. The summed E-state index contributed by atoms with van der Waals surface area (Å²) in [5.41, 5.74) is 0.687. The molecule has 5 heteroatoms. The summed E-state index contributed by atoms with van der Waals surface area (Å²) >= 11 is 4.21. The number of carbonyl (C=O) groups is 2. The molecule has 0 saturated heterocycles. The van der Waals surface area contributed by atoms with Crippen LogP contribution in [0.1, 0.15) is 20.1 Å². The second kappa shape index (κ2) is 3.82. The molecule has 0 aromatic carbocycles. The van der Waals surface area contributed by atoms with Crippen LogP contribution in [0.15, 0.2) is 11.4 Å². The maximum atomic E-state index is 10.4. The van der Waals surface area contributed by atoms with Gasteiger partial charge in [-0.15, -0.1) is 11.3 Å². The number of carbonyl (C=O) groups excluding carboxylic acids is 1. The first kappa shape index (κ1) is 9.41. The van der Waals surface area contributed by atoms with Gasteiger partial charge in [-0.2, -0.15) is 0 Å². The Balaban J connectivity index is 2.91. The van der Waals surface area contributed by atoms with Crippen LogP contribution in [-0.2, 0) is 4.79 Å². The summed E-state index contributed by atoms with van der Waals surface area (Å²) in [6.45, 7) is 0. The van der Waals surface area contributed by atoms with Crippen LogP contribution in [-0.4, -0.2) is 17.4 Å². The van der Waals surface area contributed by atoms with Gasteiger partial charge in [0, 0.05) is 0 Å². The second-order valence-electron chi connectivity index (χ2n) is 2.09. The van der Waals surface area contributed by atoms with Crippen LogP contribution in [0.2, 0.25) is 0 Å². The summed E-state index contributed by atoms with van der Waals surface area (Å²) in [7, 11) is 0. The number of hydrogen-bond acceptors (Lipinski definition) is 3. The Kier molecular flexibility index (Phi) is 2.99. The summed E-state index contributed by atoms with van der Waals surface area (Å²) in [6, 6.07) is 1.49. The van der Waals surface area contributed by atoms with Gasteiger partial charge in [0.15, 0.2) is 0 Å². The van der Waals surface area contributed by atoms with E-state index in [2.05, 4.69) is 15.9 Å². The topological polar surface area (TPSA) is 54.4 Å². The van der Waals surface area contributed by atoms with Gasteiger partial charge in [0.1, 0.15) is 11.2 Å². The van der Waals surface area contributed by atoms with E-state index in [1.807, 2.05) is 0 Å². The van der Waals surface area contributed by atoms with Crippen molar-refractivity contribution in [2.45, 2.75) is 4.83 Å². The Morgan fingerprint density at radius 1 is 1.75 bits per heavy atom. The van der Waals surface area contributed by atoms with Crippen molar-refractivity contribution >= 4 is 39.5 Å². The highest BCUT2D eigenvalue weighted by molar-refractivity contribution is 9.09. The Labute approximate surface area is 81.2 Å². The Morgan fingerprint density at radius 2 is 2.42 bits per heavy atom. The van der Waals surface area contributed by atoms with E-state index in [9.17, 15) is 9.59 Å². The molecule has 0 fully saturated rings. The van der Waals surface area contributed by atoms with Crippen molar-refractivity contribution in [1.29, 1.82) is 0 Å². The molecule has 12 heavy (non-hydrogen) atoms. The molecular formula is C7H5BrO3S. The molecule has 0 aliphatic rings. The van der Waals surface area contributed by atoms with Gasteiger partial charge in [0.2, 0.25) is 0 Å². The molecule has 3 nitrogen and oxygen atoms in total. The standard InChI is InChI=1S/C7H5BrO3S/c8-5(2-9)4-1-6(7(10)11)12-3-4/h1-3,5H,(H,10,11). The summed E-state index contributed by atoms with van der Waals surface area (Å²) in [6.07, 6.45) is 0.716. The highest BCUT2D eigenvalue weighted by Crippen LogP contribution is 2.25. The highest BCUT2D eigenvalue weighted by atomic mass is 79.9. The number of rotatable bonds is 3. The minimum Gasteiger partial charge on any atom is -0.477 e. The van der Waals surface area contributed by atoms with Crippen LogP contribution in [0.4, 0.5) is 0 Å². The van der Waals surface area contributed by atoms with Crippen LogP contribution in [0.5, 0.6) is 0 Å². The fourth-order valence-corrected chi connectivity index (χ4v) is 1.91. The largest absolute Gasteiger partial charge is 0.477 e. The number of aromatic carboxylic acids is 1. The fraction of sp³-hybridized carbons (Fsp3) is 0.143. The van der Waals surface area contributed by atoms with Gasteiger partial charge >= 0.3 is 5.97 Å². The lowest BCUT2D eigenvalue weighted by Gasteiger charge is -1.93. The molecule has 1 atom stereocenters. The van der Waals surface area contributed by atoms with Crippen molar-refractivity contribution in [3.8, 4) is 0 Å². The molecule has 0 bridgehead atoms. The molecule has 1 N–H and O–H groups in total. The van der Waals surface area contributed by atoms with E-state index >= 15 is 0 Å². The lowest BCUT2D eigenvalue weighted by Crippen LogP contribution is -1.91. The number of carboxylic acids is 1. The van der Waals surface area contributed by atoms with E-state index in [-0.39, 0.29) is 4.88 Å². The summed E-state index contributed by atoms with van der Waals surface area (Å²) < 4.78 is 0. The molecule has 1 aromatic rings. The number of alkyl halides is 1. The normalized spacial score (nSPS) is 12.4. The maximum Gasteiger partial charge on any atom is 0.345 e. The van der Waals surface area contributed by atoms with Crippen molar-refractivity contribution in [1.82, 2.24) is 0 Å². The van der Waals surface area contributed by atoms with Gasteiger partial charge in [-0.3, -0.25) is 0 Å². The predicted molar refractivity (Wildman–Crippen MR) is 49.0 cm³/mol. The van der Waals surface area contributed by atoms with E-state index in [1.54, 1.807) is 5.38 Å². The SMILES string of the molecule is O=CC(Br)c1csc(C(=O)O)c1. The molecule has 0 saturated carbocycles. The van der Waals surface area contributed by atoms with Crippen LogP contribution in [0, 0.1) is 0 Å². The molecule has 0 spiro atoms. The van der Waals surface area contributed by atoms with Gasteiger partial charge in [-0.1, -0.05) is 15.9 Å². The fourth-order valence-electron chi connectivity index (χ4n) is 0.686. The summed E-state index contributed by atoms with van der Waals surface area (Å²) in [5.74, 6) is -0.961. The van der Waals surface area contributed by atoms with Crippen LogP contribution in [0.3, 0.4) is 0 Å². The molecule has 0 radical (unpaired) electrons. The van der Waals surface area contributed by atoms with Gasteiger partial charge in [0.05, 0.1) is 4.83 Å². The first-order valence-electron chi connectivity index (χ1n) is 3.06. The number of carboxylic acid groups (broad SMARTS) is 1. The lowest BCUT2D eigenvalue weighted by atomic mass is 10.2. The molecule has 1 heterocycles. The third-order valence-electron chi connectivity index (χ3n) is 1.27. The number of halogens is 1. The minimum absolute atomic E-state index is 0.247. The zero-order valence-electron chi connectivity index (χ0n) is 5.86. The first-order chi connectivity index (χ1) is 5.65. The molecule has 1 rings (SSSR count). The minimum atomic E-state index is -0.961. The Morgan fingerprint density at radius 3 is 2.83 bits per heavy atom. The van der Waals surface area contributed by atoms with E-state index in [1.165, 1.54) is 6.07 Å². The average molecular weight is 249 g/mol. The van der Waals surface area contributed by atoms with Crippen LogP contribution in [0.25, 0.3) is 0 Å².